The maximum atomic E-state index is 12.7. The molecule has 6 nitrogen and oxygen atoms in total. The van der Waals surface area contributed by atoms with Crippen molar-refractivity contribution in [1.29, 1.82) is 0 Å². The Labute approximate surface area is 137 Å². The van der Waals surface area contributed by atoms with E-state index in [2.05, 4.69) is 20.3 Å². The van der Waals surface area contributed by atoms with Crippen LogP contribution >= 0.6 is 0 Å². The number of carbonyl (C=O) groups excluding carboxylic acids is 1. The van der Waals surface area contributed by atoms with Crippen molar-refractivity contribution in [1.82, 2.24) is 15.0 Å². The second-order valence-corrected chi connectivity index (χ2v) is 5.28. The average Bonchev–Trinajstić information content (AvgIpc) is 2.61. The number of hydrogen-bond donors (Lipinski definition) is 2. The highest BCUT2D eigenvalue weighted by atomic mass is 16.1. The molecule has 116 valence electrons. The van der Waals surface area contributed by atoms with Gasteiger partial charge in [-0.1, -0.05) is 24.3 Å². The fraction of sp³-hybridized carbons (Fsp3) is 0. The number of anilines is 2. The molecule has 3 N–H and O–H groups in total. The topological polar surface area (TPSA) is 93.8 Å². The molecule has 0 saturated carbocycles. The number of rotatable bonds is 2. The molecule has 4 aromatic rings. The monoisotopic (exact) mass is 315 g/mol. The summed E-state index contributed by atoms with van der Waals surface area (Å²) >= 11 is 0. The first-order chi connectivity index (χ1) is 11.7. The lowest BCUT2D eigenvalue weighted by Crippen LogP contribution is -2.16. The SMILES string of the molecule is Nc1nc(C(=O)Nc2cccc3ncccc23)c2ccccc2n1. The Morgan fingerprint density at radius 3 is 2.58 bits per heavy atom. The summed E-state index contributed by atoms with van der Waals surface area (Å²) in [6.07, 6.45) is 1.71. The van der Waals surface area contributed by atoms with Crippen molar-refractivity contribution in [2.24, 2.45) is 0 Å². The van der Waals surface area contributed by atoms with Crippen LogP contribution in [0.25, 0.3) is 21.8 Å². The molecule has 0 radical (unpaired) electrons. The predicted molar refractivity (Wildman–Crippen MR) is 93.6 cm³/mol. The van der Waals surface area contributed by atoms with Gasteiger partial charge in [0.1, 0.15) is 5.69 Å². The summed E-state index contributed by atoms with van der Waals surface area (Å²) in [5.74, 6) is -0.268. The van der Waals surface area contributed by atoms with E-state index in [0.717, 1.165) is 10.9 Å². The highest BCUT2D eigenvalue weighted by Gasteiger charge is 2.15. The third-order valence-electron chi connectivity index (χ3n) is 3.73. The standard InChI is InChI=1S/C18H13N5O/c19-18-22-15-7-2-1-5-12(15)16(23-18)17(24)21-14-9-3-8-13-11(14)6-4-10-20-13/h1-10H,(H,21,24)(H2,19,22,23). The third kappa shape index (κ3) is 2.40. The van der Waals surface area contributed by atoms with Gasteiger partial charge in [-0.25, -0.2) is 9.97 Å². The molecule has 0 aliphatic rings. The summed E-state index contributed by atoms with van der Waals surface area (Å²) in [6, 6.07) is 16.6. The maximum absolute atomic E-state index is 12.7. The van der Waals surface area contributed by atoms with Gasteiger partial charge >= 0.3 is 0 Å². The van der Waals surface area contributed by atoms with Crippen LogP contribution in [0, 0.1) is 0 Å². The molecule has 4 rings (SSSR count). The second-order valence-electron chi connectivity index (χ2n) is 5.28. The summed E-state index contributed by atoms with van der Waals surface area (Å²) in [4.78, 5) is 25.3. The first-order valence-electron chi connectivity index (χ1n) is 7.40. The number of hydrogen-bond acceptors (Lipinski definition) is 5. The van der Waals surface area contributed by atoms with Gasteiger partial charge < -0.3 is 11.1 Å². The number of fused-ring (bicyclic) bond motifs is 2. The Kier molecular flexibility index (Phi) is 3.28. The van der Waals surface area contributed by atoms with Gasteiger partial charge in [0, 0.05) is 17.0 Å². The van der Waals surface area contributed by atoms with Gasteiger partial charge in [0.2, 0.25) is 5.95 Å². The Bertz CT molecular complexity index is 1070. The maximum Gasteiger partial charge on any atom is 0.275 e. The molecule has 0 spiro atoms. The van der Waals surface area contributed by atoms with Crippen LogP contribution in [0.3, 0.4) is 0 Å². The molecule has 1 amide bonds. The summed E-state index contributed by atoms with van der Waals surface area (Å²) in [6.45, 7) is 0. The van der Waals surface area contributed by atoms with Crippen LogP contribution in [0.1, 0.15) is 10.5 Å². The average molecular weight is 315 g/mol. The lowest BCUT2D eigenvalue weighted by atomic mass is 10.1. The van der Waals surface area contributed by atoms with Crippen molar-refractivity contribution in [3.05, 3.63) is 66.5 Å². The molecule has 24 heavy (non-hydrogen) atoms. The number of aromatic nitrogens is 3. The summed E-state index contributed by atoms with van der Waals surface area (Å²) in [5, 5.41) is 4.41. The number of para-hydroxylation sites is 1. The summed E-state index contributed by atoms with van der Waals surface area (Å²) in [5.41, 5.74) is 8.10. The van der Waals surface area contributed by atoms with E-state index in [1.54, 1.807) is 18.3 Å². The van der Waals surface area contributed by atoms with E-state index in [4.69, 9.17) is 5.73 Å². The van der Waals surface area contributed by atoms with Gasteiger partial charge in [-0.15, -0.1) is 0 Å². The number of carbonyl (C=O) groups is 1. The van der Waals surface area contributed by atoms with Gasteiger partial charge in [0.15, 0.2) is 0 Å². The van der Waals surface area contributed by atoms with Gasteiger partial charge in [-0.3, -0.25) is 9.78 Å². The van der Waals surface area contributed by atoms with Crippen LogP contribution in [0.15, 0.2) is 60.8 Å². The van der Waals surface area contributed by atoms with Crippen molar-refractivity contribution in [3.8, 4) is 0 Å². The number of nitrogens with one attached hydrogen (secondary N) is 1. The Hall–Kier alpha value is -3.54. The number of nitrogens with zero attached hydrogens (tertiary/aromatic N) is 3. The number of nitrogens with two attached hydrogens (primary N) is 1. The van der Waals surface area contributed by atoms with E-state index in [-0.39, 0.29) is 17.5 Å². The van der Waals surface area contributed by atoms with E-state index in [1.165, 1.54) is 0 Å². The minimum Gasteiger partial charge on any atom is -0.368 e. The molecule has 2 heterocycles. The summed E-state index contributed by atoms with van der Waals surface area (Å²) < 4.78 is 0. The lowest BCUT2D eigenvalue weighted by Gasteiger charge is -2.10. The van der Waals surface area contributed by atoms with Crippen LogP contribution < -0.4 is 11.1 Å². The number of nitrogen functional groups attached to an aromatic ring is 1. The number of benzene rings is 2. The third-order valence-corrected chi connectivity index (χ3v) is 3.73. The van der Waals surface area contributed by atoms with E-state index in [0.29, 0.717) is 16.6 Å². The zero-order chi connectivity index (χ0) is 16.5. The Morgan fingerprint density at radius 2 is 1.67 bits per heavy atom. The molecule has 0 bridgehead atoms. The van der Waals surface area contributed by atoms with Crippen LogP contribution in [0.2, 0.25) is 0 Å². The molecule has 2 aromatic heterocycles. The first-order valence-corrected chi connectivity index (χ1v) is 7.40. The molecule has 0 saturated heterocycles. The number of pyridine rings is 1. The molecule has 0 unspecified atom stereocenters. The van der Waals surface area contributed by atoms with E-state index >= 15 is 0 Å². The fourth-order valence-electron chi connectivity index (χ4n) is 2.66. The van der Waals surface area contributed by atoms with Gasteiger partial charge in [0.05, 0.1) is 16.7 Å². The highest BCUT2D eigenvalue weighted by molar-refractivity contribution is 6.13. The number of amides is 1. The molecule has 0 fully saturated rings. The minimum atomic E-state index is -0.336. The second kappa shape index (κ2) is 5.58. The van der Waals surface area contributed by atoms with E-state index in [9.17, 15) is 4.79 Å². The first kappa shape index (κ1) is 14.1. The van der Waals surface area contributed by atoms with Crippen molar-refractivity contribution in [2.75, 3.05) is 11.1 Å². The molecule has 0 atom stereocenters. The zero-order valence-electron chi connectivity index (χ0n) is 12.6. The predicted octanol–water partition coefficient (Wildman–Crippen LogP) is 3.01. The smallest absolute Gasteiger partial charge is 0.275 e. The normalized spacial score (nSPS) is 10.8. The largest absolute Gasteiger partial charge is 0.368 e. The lowest BCUT2D eigenvalue weighted by molar-refractivity contribution is 0.102. The van der Waals surface area contributed by atoms with Crippen LogP contribution in [0.5, 0.6) is 0 Å². The van der Waals surface area contributed by atoms with Gasteiger partial charge in [-0.2, -0.15) is 0 Å². The van der Waals surface area contributed by atoms with Crippen molar-refractivity contribution < 1.29 is 4.79 Å². The molecule has 0 aliphatic carbocycles. The van der Waals surface area contributed by atoms with Gasteiger partial charge in [0.25, 0.3) is 5.91 Å². The Balaban J connectivity index is 1.80. The van der Waals surface area contributed by atoms with Crippen molar-refractivity contribution in [3.63, 3.8) is 0 Å². The van der Waals surface area contributed by atoms with Crippen LogP contribution in [-0.4, -0.2) is 20.9 Å². The van der Waals surface area contributed by atoms with E-state index < -0.39 is 0 Å². The van der Waals surface area contributed by atoms with Crippen LogP contribution in [0.4, 0.5) is 11.6 Å². The quantitative estimate of drug-likeness (QED) is 0.593. The molecule has 0 aliphatic heterocycles. The van der Waals surface area contributed by atoms with E-state index in [1.807, 2.05) is 42.5 Å². The van der Waals surface area contributed by atoms with Crippen molar-refractivity contribution >= 4 is 39.3 Å². The minimum absolute atomic E-state index is 0.0680. The van der Waals surface area contributed by atoms with Crippen molar-refractivity contribution in [2.45, 2.75) is 0 Å². The van der Waals surface area contributed by atoms with Crippen LogP contribution in [-0.2, 0) is 0 Å². The molecular formula is C18H13N5O. The zero-order valence-corrected chi connectivity index (χ0v) is 12.6. The molecule has 2 aromatic carbocycles. The molecular weight excluding hydrogens is 302 g/mol. The molecule has 6 heteroatoms. The fourth-order valence-corrected chi connectivity index (χ4v) is 2.66. The summed E-state index contributed by atoms with van der Waals surface area (Å²) in [7, 11) is 0. The highest BCUT2D eigenvalue weighted by Crippen LogP contribution is 2.23. The van der Waals surface area contributed by atoms with Gasteiger partial charge in [-0.05, 0) is 30.3 Å². The Morgan fingerprint density at radius 1 is 0.875 bits per heavy atom.